The van der Waals surface area contributed by atoms with Gasteiger partial charge in [-0.2, -0.15) is 0 Å². The summed E-state index contributed by atoms with van der Waals surface area (Å²) in [4.78, 5) is 25.2. The molecule has 43 heavy (non-hydrogen) atoms. The molecule has 0 saturated carbocycles. The number of aliphatic hydroxyl groups is 2. The van der Waals surface area contributed by atoms with Crippen molar-refractivity contribution >= 4 is 11.8 Å². The van der Waals surface area contributed by atoms with Gasteiger partial charge in [-0.3, -0.25) is 9.59 Å². The molecule has 0 aliphatic carbocycles. The van der Waals surface area contributed by atoms with Gasteiger partial charge in [0.05, 0.1) is 29.9 Å². The molecule has 0 spiro atoms. The first kappa shape index (κ1) is 36.8. The largest absolute Gasteiger partial charge is 0.481 e. The number of hydrogen-bond donors (Lipinski definition) is 3. The van der Waals surface area contributed by atoms with Crippen LogP contribution in [0.1, 0.15) is 60.6 Å². The summed E-state index contributed by atoms with van der Waals surface area (Å²) in [6.45, 7) is 4.30. The Labute approximate surface area is 249 Å². The molecule has 3 aromatic carbocycles. The smallest absolute Gasteiger partial charge is 0.305 e. The molecule has 0 aliphatic rings. The molecule has 4 rings (SSSR count). The monoisotopic (exact) mass is 597 g/mol. The van der Waals surface area contributed by atoms with E-state index in [0.717, 1.165) is 28.1 Å². The summed E-state index contributed by atoms with van der Waals surface area (Å²) in [7, 11) is 0. The number of rotatable bonds is 12. The summed E-state index contributed by atoms with van der Waals surface area (Å²) >= 11 is 0. The van der Waals surface area contributed by atoms with Gasteiger partial charge in [-0.25, -0.2) is 4.39 Å². The van der Waals surface area contributed by atoms with E-state index in [1.54, 1.807) is 24.3 Å². The Bertz CT molecular complexity index is 1450. The highest BCUT2D eigenvalue weighted by Crippen LogP contribution is 2.43. The SMILES string of the molecule is CC(C)c1c(C(=O)c2ccccc2)c(-c2ccccc2)c(-c2ccc(F)cc2)n1CC[C@@H](O)C[C@@H](O)CC(=O)O.O.O.O. The zero-order valence-electron chi connectivity index (χ0n) is 24.1. The van der Waals surface area contributed by atoms with Gasteiger partial charge in [0, 0.05) is 23.4 Å². The van der Waals surface area contributed by atoms with E-state index in [1.807, 2.05) is 66.9 Å². The fraction of sp³-hybridized carbons (Fsp3) is 0.273. The number of carboxylic acids is 1. The zero-order valence-corrected chi connectivity index (χ0v) is 24.1. The predicted molar refractivity (Wildman–Crippen MR) is 164 cm³/mol. The Morgan fingerprint density at radius 3 is 1.88 bits per heavy atom. The number of aliphatic carboxylic acids is 1. The van der Waals surface area contributed by atoms with E-state index in [9.17, 15) is 24.2 Å². The number of halogens is 1. The molecule has 4 aromatic rings. The number of carbonyl (C=O) groups is 2. The standard InChI is InChI=1S/C33H34FNO5.3H2O/c1-21(2)31-30(33(40)24-11-7-4-8-12-24)29(22-9-5-3-6-10-22)32(23-13-15-25(34)16-14-23)35(31)18-17-26(36)19-27(37)20-28(38)39;;;/h3-16,21,26-27,36-37H,17-20H2,1-2H3,(H,38,39);3*1H2/t26-,27-;;;/m1.../s1. The molecule has 9 nitrogen and oxygen atoms in total. The molecule has 2 atom stereocenters. The molecular formula is C33H40FNO8. The number of nitrogens with zero attached hydrogens (tertiary/aromatic N) is 1. The molecule has 0 bridgehead atoms. The van der Waals surface area contributed by atoms with Gasteiger partial charge < -0.3 is 36.3 Å². The summed E-state index contributed by atoms with van der Waals surface area (Å²) in [5.41, 5.74) is 4.88. The molecule has 10 heteroatoms. The van der Waals surface area contributed by atoms with Crippen LogP contribution in [0.5, 0.6) is 0 Å². The maximum absolute atomic E-state index is 14.2. The third kappa shape index (κ3) is 8.66. The summed E-state index contributed by atoms with van der Waals surface area (Å²) in [5.74, 6) is -1.74. The van der Waals surface area contributed by atoms with Crippen molar-refractivity contribution in [2.45, 2.75) is 57.8 Å². The van der Waals surface area contributed by atoms with Gasteiger partial charge in [-0.05, 0) is 54.2 Å². The highest BCUT2D eigenvalue weighted by molar-refractivity contribution is 6.16. The summed E-state index contributed by atoms with van der Waals surface area (Å²) in [6.07, 6.45) is -2.46. The molecule has 1 aromatic heterocycles. The second kappa shape index (κ2) is 16.4. The van der Waals surface area contributed by atoms with Crippen LogP contribution in [0.15, 0.2) is 84.9 Å². The Morgan fingerprint density at radius 1 is 0.791 bits per heavy atom. The van der Waals surface area contributed by atoms with Crippen molar-refractivity contribution in [1.29, 1.82) is 0 Å². The second-order valence-electron chi connectivity index (χ2n) is 10.3. The molecular weight excluding hydrogens is 557 g/mol. The average molecular weight is 598 g/mol. The Hall–Kier alpha value is -4.19. The number of benzene rings is 3. The van der Waals surface area contributed by atoms with Gasteiger partial charge in [0.25, 0.3) is 0 Å². The maximum atomic E-state index is 14.2. The van der Waals surface area contributed by atoms with Gasteiger partial charge in [0.15, 0.2) is 5.78 Å². The van der Waals surface area contributed by atoms with Crippen molar-refractivity contribution in [1.82, 2.24) is 4.57 Å². The van der Waals surface area contributed by atoms with Crippen molar-refractivity contribution in [2.75, 3.05) is 0 Å². The van der Waals surface area contributed by atoms with E-state index in [0.29, 0.717) is 17.7 Å². The van der Waals surface area contributed by atoms with Gasteiger partial charge in [0.1, 0.15) is 5.82 Å². The number of aromatic nitrogens is 1. The number of carbonyl (C=O) groups excluding carboxylic acids is 1. The van der Waals surface area contributed by atoms with Crippen molar-refractivity contribution < 1.29 is 45.7 Å². The lowest BCUT2D eigenvalue weighted by atomic mass is 9.90. The topological polar surface area (TPSA) is 194 Å². The minimum Gasteiger partial charge on any atom is -0.481 e. The van der Waals surface area contributed by atoms with Crippen LogP contribution in [0.2, 0.25) is 0 Å². The average Bonchev–Trinajstić information content (AvgIpc) is 3.27. The van der Waals surface area contributed by atoms with Crippen LogP contribution in [0.3, 0.4) is 0 Å². The van der Waals surface area contributed by atoms with Crippen molar-refractivity contribution in [3.05, 3.63) is 108 Å². The van der Waals surface area contributed by atoms with Gasteiger partial charge in [-0.1, -0.05) is 74.5 Å². The van der Waals surface area contributed by atoms with Crippen LogP contribution >= 0.6 is 0 Å². The van der Waals surface area contributed by atoms with E-state index in [-0.39, 0.29) is 46.8 Å². The molecule has 9 N–H and O–H groups in total. The lowest BCUT2D eigenvalue weighted by Crippen LogP contribution is -2.22. The summed E-state index contributed by atoms with van der Waals surface area (Å²) in [6, 6.07) is 24.8. The first-order valence-corrected chi connectivity index (χ1v) is 13.4. The molecule has 0 unspecified atom stereocenters. The fourth-order valence-electron chi connectivity index (χ4n) is 5.22. The van der Waals surface area contributed by atoms with Crippen molar-refractivity contribution in [3.8, 4) is 22.4 Å². The minimum absolute atomic E-state index is 0. The van der Waals surface area contributed by atoms with E-state index >= 15 is 0 Å². The third-order valence-corrected chi connectivity index (χ3v) is 6.93. The van der Waals surface area contributed by atoms with Crippen LogP contribution in [-0.2, 0) is 11.3 Å². The van der Waals surface area contributed by atoms with E-state index in [2.05, 4.69) is 0 Å². The van der Waals surface area contributed by atoms with Gasteiger partial charge in [-0.15, -0.1) is 0 Å². The summed E-state index contributed by atoms with van der Waals surface area (Å²) in [5, 5.41) is 29.7. The van der Waals surface area contributed by atoms with E-state index in [4.69, 9.17) is 5.11 Å². The first-order chi connectivity index (χ1) is 19.2. The molecule has 0 saturated heterocycles. The minimum atomic E-state index is -1.17. The molecule has 0 fully saturated rings. The Balaban J connectivity index is 0.00000308. The summed E-state index contributed by atoms with van der Waals surface area (Å²) < 4.78 is 16.0. The van der Waals surface area contributed by atoms with Crippen LogP contribution in [0.4, 0.5) is 4.39 Å². The van der Waals surface area contributed by atoms with Crippen molar-refractivity contribution in [2.24, 2.45) is 0 Å². The highest BCUT2D eigenvalue weighted by atomic mass is 19.1. The zero-order chi connectivity index (χ0) is 28.8. The number of ketones is 1. The maximum Gasteiger partial charge on any atom is 0.305 e. The first-order valence-electron chi connectivity index (χ1n) is 13.4. The number of carboxylic acid groups (broad SMARTS) is 1. The molecule has 0 amide bonds. The predicted octanol–water partition coefficient (Wildman–Crippen LogP) is 3.82. The highest BCUT2D eigenvalue weighted by Gasteiger charge is 2.31. The van der Waals surface area contributed by atoms with Crippen LogP contribution in [-0.4, -0.2) is 60.3 Å². The quantitative estimate of drug-likeness (QED) is 0.208. The number of aliphatic hydroxyl groups excluding tert-OH is 2. The number of hydrogen-bond acceptors (Lipinski definition) is 4. The van der Waals surface area contributed by atoms with E-state index < -0.39 is 24.6 Å². The normalized spacial score (nSPS) is 12.0. The van der Waals surface area contributed by atoms with Gasteiger partial charge in [0.2, 0.25) is 0 Å². The third-order valence-electron chi connectivity index (χ3n) is 6.93. The van der Waals surface area contributed by atoms with E-state index in [1.165, 1.54) is 12.1 Å². The van der Waals surface area contributed by atoms with Gasteiger partial charge >= 0.3 is 5.97 Å². The molecule has 232 valence electrons. The lowest BCUT2D eigenvalue weighted by molar-refractivity contribution is -0.139. The fourth-order valence-corrected chi connectivity index (χ4v) is 5.22. The van der Waals surface area contributed by atoms with Crippen LogP contribution in [0, 0.1) is 5.82 Å². The molecule has 0 aliphatic heterocycles. The Morgan fingerprint density at radius 2 is 1.35 bits per heavy atom. The second-order valence-corrected chi connectivity index (χ2v) is 10.3. The molecule has 0 radical (unpaired) electrons. The van der Waals surface area contributed by atoms with Crippen molar-refractivity contribution in [3.63, 3.8) is 0 Å². The Kier molecular flexibility index (Phi) is 14.1. The van der Waals surface area contributed by atoms with Crippen LogP contribution < -0.4 is 0 Å². The van der Waals surface area contributed by atoms with Crippen LogP contribution in [0.25, 0.3) is 22.4 Å². The lowest BCUT2D eigenvalue weighted by Gasteiger charge is -2.20. The molecule has 1 heterocycles.